The molecule has 2 aliphatic rings. The van der Waals surface area contributed by atoms with Crippen LogP contribution in [0.3, 0.4) is 0 Å². The number of hydrogen-bond acceptors (Lipinski definition) is 9. The second-order valence-corrected chi connectivity index (χ2v) is 8.99. The van der Waals surface area contributed by atoms with Crippen molar-refractivity contribution in [2.45, 2.75) is 51.1 Å². The van der Waals surface area contributed by atoms with Crippen LogP contribution in [0.1, 0.15) is 39.0 Å². The summed E-state index contributed by atoms with van der Waals surface area (Å²) in [5.74, 6) is 1.21. The number of likely N-dealkylation sites (N-methyl/N-ethyl adjacent to an activating group) is 1. The SMILES string of the molecule is CCN1CCCC1CN(c1ccc(OC)c(F)c1)c1nc(N)nc(NCC2CCC(N)C2)n1. The van der Waals surface area contributed by atoms with E-state index in [9.17, 15) is 4.39 Å². The second-order valence-electron chi connectivity index (χ2n) is 8.99. The number of likely N-dealkylation sites (tertiary alicyclic amines) is 1. The Bertz CT molecular complexity index is 945. The molecular weight excluding hydrogens is 423 g/mol. The normalized spacial score (nSPS) is 23.1. The molecule has 0 spiro atoms. The van der Waals surface area contributed by atoms with E-state index in [4.69, 9.17) is 16.2 Å². The average Bonchev–Trinajstić information content (AvgIpc) is 3.43. The number of nitrogens with zero attached hydrogens (tertiary/aromatic N) is 5. The number of rotatable bonds is 9. The van der Waals surface area contributed by atoms with Gasteiger partial charge in [0.1, 0.15) is 0 Å². The Balaban J connectivity index is 1.61. The number of nitrogens with two attached hydrogens (primary N) is 2. The number of hydrogen-bond donors (Lipinski definition) is 3. The summed E-state index contributed by atoms with van der Waals surface area (Å²) >= 11 is 0. The van der Waals surface area contributed by atoms with Crippen LogP contribution in [0.25, 0.3) is 0 Å². The largest absolute Gasteiger partial charge is 0.494 e. The van der Waals surface area contributed by atoms with Crippen molar-refractivity contribution in [1.29, 1.82) is 0 Å². The minimum Gasteiger partial charge on any atom is -0.494 e. The van der Waals surface area contributed by atoms with Crippen molar-refractivity contribution in [3.63, 3.8) is 0 Å². The molecule has 2 heterocycles. The topological polar surface area (TPSA) is 118 Å². The zero-order chi connectivity index (χ0) is 23.4. The van der Waals surface area contributed by atoms with Gasteiger partial charge in [-0.15, -0.1) is 0 Å². The summed E-state index contributed by atoms with van der Waals surface area (Å²) in [5.41, 5.74) is 12.8. The Morgan fingerprint density at radius 3 is 2.79 bits per heavy atom. The lowest BCUT2D eigenvalue weighted by Crippen LogP contribution is -2.39. The first-order valence-corrected chi connectivity index (χ1v) is 11.8. The molecule has 1 saturated carbocycles. The number of halogens is 1. The molecule has 1 aliphatic carbocycles. The summed E-state index contributed by atoms with van der Waals surface area (Å²) in [5, 5.41) is 3.31. The molecular formula is C23H35FN8O. The van der Waals surface area contributed by atoms with Gasteiger partial charge in [0.05, 0.1) is 7.11 Å². The average molecular weight is 459 g/mol. The van der Waals surface area contributed by atoms with Crippen LogP contribution < -0.4 is 26.4 Å². The third kappa shape index (κ3) is 5.62. The van der Waals surface area contributed by atoms with E-state index in [1.807, 2.05) is 11.0 Å². The minimum atomic E-state index is -0.434. The number of methoxy groups -OCH3 is 1. The fraction of sp³-hybridized carbons (Fsp3) is 0.609. The molecule has 180 valence electrons. The van der Waals surface area contributed by atoms with Crippen LogP contribution >= 0.6 is 0 Å². The van der Waals surface area contributed by atoms with Crippen LogP contribution in [0.15, 0.2) is 18.2 Å². The predicted octanol–water partition coefficient (Wildman–Crippen LogP) is 2.76. The standard InChI is InChI=1S/C23H35FN8O/c1-3-31-10-4-5-18(31)14-32(17-8-9-20(33-2)19(24)12-17)23-29-21(26)28-22(30-23)27-13-15-6-7-16(25)11-15/h8-9,12,15-16,18H,3-7,10-11,13-14,25H2,1-2H3,(H3,26,27,28,29,30). The second kappa shape index (κ2) is 10.5. The number of benzene rings is 1. The van der Waals surface area contributed by atoms with Gasteiger partial charge in [-0.1, -0.05) is 6.92 Å². The highest BCUT2D eigenvalue weighted by atomic mass is 19.1. The van der Waals surface area contributed by atoms with Crippen molar-refractivity contribution < 1.29 is 9.13 Å². The van der Waals surface area contributed by atoms with Crippen LogP contribution in [0.5, 0.6) is 5.75 Å². The molecule has 2 fully saturated rings. The fourth-order valence-electron chi connectivity index (χ4n) is 4.97. The Hall–Kier alpha value is -2.72. The lowest BCUT2D eigenvalue weighted by atomic mass is 10.1. The van der Waals surface area contributed by atoms with E-state index in [0.29, 0.717) is 36.1 Å². The van der Waals surface area contributed by atoms with Crippen molar-refractivity contribution in [3.8, 4) is 5.75 Å². The third-order valence-electron chi connectivity index (χ3n) is 6.76. The van der Waals surface area contributed by atoms with Crippen molar-refractivity contribution in [3.05, 3.63) is 24.0 Å². The first-order chi connectivity index (χ1) is 16.0. The Kier molecular flexibility index (Phi) is 7.44. The Morgan fingerprint density at radius 2 is 2.09 bits per heavy atom. The highest BCUT2D eigenvalue weighted by molar-refractivity contribution is 5.60. The number of ether oxygens (including phenoxy) is 1. The zero-order valence-electron chi connectivity index (χ0n) is 19.5. The van der Waals surface area contributed by atoms with Gasteiger partial charge in [-0.25, -0.2) is 4.39 Å². The molecule has 3 unspecified atom stereocenters. The molecule has 0 amide bonds. The van der Waals surface area contributed by atoms with E-state index in [2.05, 4.69) is 32.1 Å². The zero-order valence-corrected chi connectivity index (χ0v) is 19.5. The van der Waals surface area contributed by atoms with Gasteiger partial charge >= 0.3 is 0 Å². The summed E-state index contributed by atoms with van der Waals surface area (Å²) in [6.07, 6.45) is 5.33. The van der Waals surface area contributed by atoms with Gasteiger partial charge < -0.3 is 26.4 Å². The lowest BCUT2D eigenvalue weighted by molar-refractivity contribution is 0.271. The van der Waals surface area contributed by atoms with Gasteiger partial charge in [0.15, 0.2) is 11.6 Å². The number of nitrogen functional groups attached to an aromatic ring is 1. The highest BCUT2D eigenvalue weighted by Gasteiger charge is 2.28. The van der Waals surface area contributed by atoms with E-state index in [1.165, 1.54) is 13.2 Å². The number of nitrogens with one attached hydrogen (secondary N) is 1. The van der Waals surface area contributed by atoms with Crippen molar-refractivity contribution in [2.75, 3.05) is 49.2 Å². The molecule has 33 heavy (non-hydrogen) atoms. The van der Waals surface area contributed by atoms with Crippen LogP contribution in [0.2, 0.25) is 0 Å². The summed E-state index contributed by atoms with van der Waals surface area (Å²) < 4.78 is 19.7. The van der Waals surface area contributed by atoms with Crippen LogP contribution in [0.4, 0.5) is 27.9 Å². The van der Waals surface area contributed by atoms with Crippen molar-refractivity contribution in [2.24, 2.45) is 11.7 Å². The molecule has 4 rings (SSSR count). The summed E-state index contributed by atoms with van der Waals surface area (Å²) in [6, 6.07) is 5.48. The third-order valence-corrected chi connectivity index (χ3v) is 6.76. The van der Waals surface area contributed by atoms with Gasteiger partial charge in [-0.05, 0) is 63.2 Å². The summed E-state index contributed by atoms with van der Waals surface area (Å²) in [7, 11) is 1.45. The van der Waals surface area contributed by atoms with E-state index in [1.54, 1.807) is 6.07 Å². The molecule has 10 heteroatoms. The van der Waals surface area contributed by atoms with Crippen LogP contribution in [-0.2, 0) is 0 Å². The first kappa shape index (κ1) is 23.4. The van der Waals surface area contributed by atoms with Crippen LogP contribution in [0, 0.1) is 11.7 Å². The van der Waals surface area contributed by atoms with E-state index < -0.39 is 5.82 Å². The van der Waals surface area contributed by atoms with Gasteiger partial charge in [-0.3, -0.25) is 4.90 Å². The van der Waals surface area contributed by atoms with Crippen molar-refractivity contribution >= 4 is 23.5 Å². The first-order valence-electron chi connectivity index (χ1n) is 11.8. The lowest BCUT2D eigenvalue weighted by Gasteiger charge is -2.30. The highest BCUT2D eigenvalue weighted by Crippen LogP contribution is 2.31. The molecule has 0 bridgehead atoms. The van der Waals surface area contributed by atoms with Gasteiger partial charge in [0.2, 0.25) is 17.8 Å². The van der Waals surface area contributed by atoms with Gasteiger partial charge in [0, 0.05) is 36.9 Å². The number of anilines is 4. The monoisotopic (exact) mass is 458 g/mol. The van der Waals surface area contributed by atoms with Gasteiger partial charge in [0.25, 0.3) is 0 Å². The molecule has 1 aromatic carbocycles. The Labute approximate surface area is 194 Å². The molecule has 1 saturated heterocycles. The van der Waals surface area contributed by atoms with E-state index in [0.717, 1.165) is 51.7 Å². The molecule has 5 N–H and O–H groups in total. The van der Waals surface area contributed by atoms with E-state index >= 15 is 0 Å². The Morgan fingerprint density at radius 1 is 1.24 bits per heavy atom. The quantitative estimate of drug-likeness (QED) is 0.521. The minimum absolute atomic E-state index is 0.128. The maximum absolute atomic E-state index is 14.6. The summed E-state index contributed by atoms with van der Waals surface area (Å²) in [6.45, 7) is 5.54. The van der Waals surface area contributed by atoms with E-state index in [-0.39, 0.29) is 17.7 Å². The number of aromatic nitrogens is 3. The van der Waals surface area contributed by atoms with Gasteiger partial charge in [-0.2, -0.15) is 15.0 Å². The molecule has 2 aromatic rings. The molecule has 0 radical (unpaired) electrons. The molecule has 9 nitrogen and oxygen atoms in total. The molecule has 1 aliphatic heterocycles. The van der Waals surface area contributed by atoms with Crippen LogP contribution in [-0.4, -0.2) is 65.2 Å². The molecule has 3 atom stereocenters. The van der Waals surface area contributed by atoms with Crippen molar-refractivity contribution in [1.82, 2.24) is 19.9 Å². The fourth-order valence-corrected chi connectivity index (χ4v) is 4.97. The summed E-state index contributed by atoms with van der Waals surface area (Å²) in [4.78, 5) is 17.7. The smallest absolute Gasteiger partial charge is 0.236 e. The maximum atomic E-state index is 14.6. The predicted molar refractivity (Wildman–Crippen MR) is 128 cm³/mol. The maximum Gasteiger partial charge on any atom is 0.236 e. The molecule has 1 aromatic heterocycles.